The fourth-order valence-electron chi connectivity index (χ4n) is 4.16. The molecule has 132 valence electrons. The standard InChI is InChI=1S/C18H28N4O2/c1-21-10-14(9-20-21)11-22-6-4-17-16(12-22)15(5-7-24-17)18(23)19-8-13-2-3-13/h9-10,13,15-17H,2-8,11-12H2,1H3,(H,19,23)/t15-,16-,17-/m0/s1. The summed E-state index contributed by atoms with van der Waals surface area (Å²) in [5.74, 6) is 1.42. The van der Waals surface area contributed by atoms with E-state index in [1.54, 1.807) is 0 Å². The minimum atomic E-state index is 0.110. The SMILES string of the molecule is Cn1cc(CN2CC[C@@H]3OCC[C@H](C(=O)NCC4CC4)[C@@H]3C2)cn1. The normalized spacial score (nSPS) is 30.8. The van der Waals surface area contributed by atoms with Crippen molar-refractivity contribution in [2.24, 2.45) is 24.8 Å². The number of nitrogens with one attached hydrogen (secondary N) is 1. The molecule has 0 aromatic carbocycles. The summed E-state index contributed by atoms with van der Waals surface area (Å²) in [6.07, 6.45) is 8.70. The number of aryl methyl sites for hydroxylation is 1. The molecule has 3 aliphatic rings. The van der Waals surface area contributed by atoms with Gasteiger partial charge in [-0.3, -0.25) is 14.4 Å². The molecule has 3 heterocycles. The predicted molar refractivity (Wildman–Crippen MR) is 90.2 cm³/mol. The summed E-state index contributed by atoms with van der Waals surface area (Å²) in [7, 11) is 1.95. The lowest BCUT2D eigenvalue weighted by molar-refractivity contribution is -0.142. The van der Waals surface area contributed by atoms with Gasteiger partial charge in [-0.1, -0.05) is 0 Å². The summed E-state index contributed by atoms with van der Waals surface area (Å²) >= 11 is 0. The molecule has 1 aliphatic carbocycles. The number of piperidine rings is 1. The summed E-state index contributed by atoms with van der Waals surface area (Å²) in [4.78, 5) is 15.1. The molecule has 2 aliphatic heterocycles. The van der Waals surface area contributed by atoms with Crippen LogP contribution in [0, 0.1) is 17.8 Å². The van der Waals surface area contributed by atoms with E-state index in [9.17, 15) is 4.79 Å². The third-order valence-corrected chi connectivity index (χ3v) is 5.72. The number of hydrogen-bond donors (Lipinski definition) is 1. The Morgan fingerprint density at radius 3 is 3.00 bits per heavy atom. The number of amides is 1. The van der Waals surface area contributed by atoms with Gasteiger partial charge in [0.2, 0.25) is 5.91 Å². The molecule has 4 rings (SSSR count). The van der Waals surface area contributed by atoms with Crippen molar-refractivity contribution < 1.29 is 9.53 Å². The summed E-state index contributed by atoms with van der Waals surface area (Å²) in [5, 5.41) is 7.44. The Morgan fingerprint density at radius 1 is 1.38 bits per heavy atom. The minimum Gasteiger partial charge on any atom is -0.378 e. The number of carbonyl (C=O) groups is 1. The van der Waals surface area contributed by atoms with Gasteiger partial charge in [-0.05, 0) is 31.6 Å². The first kappa shape index (κ1) is 16.1. The van der Waals surface area contributed by atoms with Crippen LogP contribution in [0.1, 0.15) is 31.2 Å². The Bertz CT molecular complexity index is 583. The highest BCUT2D eigenvalue weighted by atomic mass is 16.5. The molecular formula is C18H28N4O2. The van der Waals surface area contributed by atoms with E-state index in [4.69, 9.17) is 4.74 Å². The van der Waals surface area contributed by atoms with Crippen molar-refractivity contribution in [1.29, 1.82) is 0 Å². The number of ether oxygens (including phenoxy) is 1. The molecule has 1 N–H and O–H groups in total. The molecule has 1 aromatic rings. The van der Waals surface area contributed by atoms with Crippen LogP contribution in [0.2, 0.25) is 0 Å². The lowest BCUT2D eigenvalue weighted by Crippen LogP contribution is -2.53. The third kappa shape index (κ3) is 3.64. The fraction of sp³-hybridized carbons (Fsp3) is 0.778. The molecule has 0 unspecified atom stereocenters. The topological polar surface area (TPSA) is 59.4 Å². The monoisotopic (exact) mass is 332 g/mol. The number of aromatic nitrogens is 2. The number of nitrogens with zero attached hydrogens (tertiary/aromatic N) is 3. The Labute approximate surface area is 143 Å². The second-order valence-electron chi connectivity index (χ2n) is 7.70. The molecule has 0 spiro atoms. The summed E-state index contributed by atoms with van der Waals surface area (Å²) in [6, 6.07) is 0. The van der Waals surface area contributed by atoms with E-state index in [1.807, 2.05) is 17.9 Å². The van der Waals surface area contributed by atoms with Gasteiger partial charge in [0.15, 0.2) is 0 Å². The molecular weight excluding hydrogens is 304 g/mol. The van der Waals surface area contributed by atoms with Gasteiger partial charge in [0.1, 0.15) is 0 Å². The van der Waals surface area contributed by atoms with Crippen LogP contribution in [0.3, 0.4) is 0 Å². The van der Waals surface area contributed by atoms with Crippen molar-refractivity contribution in [1.82, 2.24) is 20.0 Å². The van der Waals surface area contributed by atoms with Crippen LogP contribution in [0.15, 0.2) is 12.4 Å². The van der Waals surface area contributed by atoms with Gasteiger partial charge >= 0.3 is 0 Å². The van der Waals surface area contributed by atoms with E-state index >= 15 is 0 Å². The van der Waals surface area contributed by atoms with Gasteiger partial charge in [-0.15, -0.1) is 0 Å². The van der Waals surface area contributed by atoms with Gasteiger partial charge in [0, 0.05) is 63.4 Å². The molecule has 3 atom stereocenters. The van der Waals surface area contributed by atoms with E-state index in [2.05, 4.69) is 21.5 Å². The molecule has 24 heavy (non-hydrogen) atoms. The van der Waals surface area contributed by atoms with Crippen molar-refractivity contribution in [2.45, 2.75) is 38.3 Å². The zero-order chi connectivity index (χ0) is 16.5. The Kier molecular flexibility index (Phi) is 4.59. The van der Waals surface area contributed by atoms with Crippen LogP contribution in [0.5, 0.6) is 0 Å². The van der Waals surface area contributed by atoms with E-state index < -0.39 is 0 Å². The number of rotatable bonds is 5. The highest BCUT2D eigenvalue weighted by molar-refractivity contribution is 5.79. The van der Waals surface area contributed by atoms with Crippen molar-refractivity contribution in [2.75, 3.05) is 26.2 Å². The van der Waals surface area contributed by atoms with E-state index in [0.717, 1.165) is 51.5 Å². The zero-order valence-electron chi connectivity index (χ0n) is 14.5. The number of fused-ring (bicyclic) bond motifs is 1. The Balaban J connectivity index is 1.37. The predicted octanol–water partition coefficient (Wildman–Crippen LogP) is 1.17. The van der Waals surface area contributed by atoms with Crippen LogP contribution in [-0.4, -0.2) is 52.9 Å². The molecule has 6 heteroatoms. The summed E-state index contributed by atoms with van der Waals surface area (Å²) < 4.78 is 7.83. The van der Waals surface area contributed by atoms with Gasteiger partial charge in [0.05, 0.1) is 12.3 Å². The molecule has 0 radical (unpaired) electrons. The highest BCUT2D eigenvalue weighted by Gasteiger charge is 2.41. The molecule has 2 saturated heterocycles. The maximum atomic E-state index is 12.7. The summed E-state index contributed by atoms with van der Waals surface area (Å²) in [6.45, 7) is 4.49. The first-order valence-corrected chi connectivity index (χ1v) is 9.28. The first-order valence-electron chi connectivity index (χ1n) is 9.28. The maximum Gasteiger partial charge on any atom is 0.223 e. The highest BCUT2D eigenvalue weighted by Crippen LogP contribution is 2.34. The maximum absolute atomic E-state index is 12.7. The van der Waals surface area contributed by atoms with Gasteiger partial charge in [-0.25, -0.2) is 0 Å². The van der Waals surface area contributed by atoms with E-state index in [0.29, 0.717) is 5.92 Å². The van der Waals surface area contributed by atoms with Crippen LogP contribution in [0.25, 0.3) is 0 Å². The molecule has 6 nitrogen and oxygen atoms in total. The smallest absolute Gasteiger partial charge is 0.223 e. The van der Waals surface area contributed by atoms with Crippen LogP contribution >= 0.6 is 0 Å². The average Bonchev–Trinajstić information content (AvgIpc) is 3.33. The summed E-state index contributed by atoms with van der Waals surface area (Å²) in [5.41, 5.74) is 1.24. The van der Waals surface area contributed by atoms with Gasteiger partial charge < -0.3 is 10.1 Å². The first-order chi connectivity index (χ1) is 11.7. The quantitative estimate of drug-likeness (QED) is 0.879. The average molecular weight is 332 g/mol. The van der Waals surface area contributed by atoms with Gasteiger partial charge in [0.25, 0.3) is 0 Å². The molecule has 3 fully saturated rings. The second-order valence-corrected chi connectivity index (χ2v) is 7.70. The van der Waals surface area contributed by atoms with Crippen LogP contribution < -0.4 is 5.32 Å². The number of likely N-dealkylation sites (tertiary alicyclic amines) is 1. The van der Waals surface area contributed by atoms with E-state index in [1.165, 1.54) is 18.4 Å². The van der Waals surface area contributed by atoms with Crippen LogP contribution in [-0.2, 0) is 23.1 Å². The lowest BCUT2D eigenvalue weighted by Gasteiger charge is -2.44. The number of carbonyl (C=O) groups excluding carboxylic acids is 1. The molecule has 1 amide bonds. The minimum absolute atomic E-state index is 0.110. The van der Waals surface area contributed by atoms with Crippen molar-refractivity contribution in [3.63, 3.8) is 0 Å². The molecule has 1 aromatic heterocycles. The number of hydrogen-bond acceptors (Lipinski definition) is 4. The van der Waals surface area contributed by atoms with E-state index in [-0.39, 0.29) is 17.9 Å². The lowest BCUT2D eigenvalue weighted by atomic mass is 9.79. The second kappa shape index (κ2) is 6.84. The van der Waals surface area contributed by atoms with Crippen LogP contribution in [0.4, 0.5) is 0 Å². The Morgan fingerprint density at radius 2 is 2.25 bits per heavy atom. The fourth-order valence-corrected chi connectivity index (χ4v) is 4.16. The molecule has 1 saturated carbocycles. The van der Waals surface area contributed by atoms with Crippen molar-refractivity contribution >= 4 is 5.91 Å². The largest absolute Gasteiger partial charge is 0.378 e. The molecule has 0 bridgehead atoms. The van der Waals surface area contributed by atoms with Gasteiger partial charge in [-0.2, -0.15) is 5.10 Å². The van der Waals surface area contributed by atoms with Crippen molar-refractivity contribution in [3.8, 4) is 0 Å². The zero-order valence-corrected chi connectivity index (χ0v) is 14.5. The Hall–Kier alpha value is -1.40. The van der Waals surface area contributed by atoms with Crippen molar-refractivity contribution in [3.05, 3.63) is 18.0 Å². The third-order valence-electron chi connectivity index (χ3n) is 5.72.